The van der Waals surface area contributed by atoms with Gasteiger partial charge in [0, 0.05) is 0 Å². The largest absolute Gasteiger partial charge is 0.384 e. The van der Waals surface area contributed by atoms with E-state index in [0.29, 0.717) is 11.4 Å². The maximum absolute atomic E-state index is 11.9. The van der Waals surface area contributed by atoms with Crippen molar-refractivity contribution in [2.45, 2.75) is 12.5 Å². The number of amides is 1. The Morgan fingerprint density at radius 3 is 2.65 bits per heavy atom. The van der Waals surface area contributed by atoms with E-state index in [0.717, 1.165) is 5.56 Å². The van der Waals surface area contributed by atoms with Gasteiger partial charge in [-0.05, 0) is 24.6 Å². The molecule has 0 saturated heterocycles. The third-order valence-corrected chi connectivity index (χ3v) is 3.04. The van der Waals surface area contributed by atoms with E-state index >= 15 is 0 Å². The van der Waals surface area contributed by atoms with Gasteiger partial charge in [0.15, 0.2) is 0 Å². The first-order chi connectivity index (χ1) is 9.53. The van der Waals surface area contributed by atoms with Crippen molar-refractivity contribution in [3.8, 4) is 6.07 Å². The van der Waals surface area contributed by atoms with Gasteiger partial charge in [-0.2, -0.15) is 5.26 Å². The molecule has 1 amide bonds. The molecule has 0 saturated carbocycles. The molecule has 2 aromatic rings. The Hall–Kier alpha value is -2.58. The molecule has 0 aliphatic heterocycles. The van der Waals surface area contributed by atoms with Gasteiger partial charge in [0.25, 0.3) is 5.91 Å². The minimum Gasteiger partial charge on any atom is -0.384 e. The molecule has 0 bridgehead atoms. The van der Waals surface area contributed by atoms with Crippen molar-refractivity contribution < 1.29 is 9.90 Å². The minimum atomic E-state index is -1.15. The van der Waals surface area contributed by atoms with Crippen LogP contribution in [-0.4, -0.2) is 22.5 Å². The van der Waals surface area contributed by atoms with Crippen molar-refractivity contribution in [2.24, 2.45) is 0 Å². The van der Waals surface area contributed by atoms with E-state index in [4.69, 9.17) is 5.26 Å². The average molecular weight is 269 g/mol. The van der Waals surface area contributed by atoms with E-state index in [2.05, 4.69) is 10.3 Å². The second-order valence-electron chi connectivity index (χ2n) is 4.72. The summed E-state index contributed by atoms with van der Waals surface area (Å²) in [6.45, 7) is 1.72. The molecule has 0 fully saturated rings. The van der Waals surface area contributed by atoms with Gasteiger partial charge in [-0.15, -0.1) is 0 Å². The van der Waals surface area contributed by atoms with Crippen molar-refractivity contribution in [3.05, 3.63) is 59.4 Å². The quantitative estimate of drug-likeness (QED) is 0.786. The molecule has 0 spiro atoms. The van der Waals surface area contributed by atoms with Crippen LogP contribution in [0.1, 0.15) is 28.7 Å². The number of nitrogens with zero attached hydrogens (tertiary/aromatic N) is 1. The van der Waals surface area contributed by atoms with Crippen LogP contribution in [0.3, 0.4) is 0 Å². The Kier molecular flexibility index (Phi) is 3.87. The lowest BCUT2D eigenvalue weighted by Crippen LogP contribution is -2.38. The fraction of sp³-hybridized carbons (Fsp3) is 0.200. The molecule has 20 heavy (non-hydrogen) atoms. The van der Waals surface area contributed by atoms with Gasteiger partial charge in [-0.1, -0.05) is 30.3 Å². The monoisotopic (exact) mass is 269 g/mol. The lowest BCUT2D eigenvalue weighted by molar-refractivity contribution is 0.0525. The summed E-state index contributed by atoms with van der Waals surface area (Å²) in [6.07, 6.45) is 0. The van der Waals surface area contributed by atoms with Crippen LogP contribution in [0.25, 0.3) is 0 Å². The Bertz CT molecular complexity index is 639. The predicted octanol–water partition coefficient (Wildman–Crippen LogP) is 1.52. The maximum atomic E-state index is 11.9. The number of hydrogen-bond acceptors (Lipinski definition) is 3. The van der Waals surface area contributed by atoms with Gasteiger partial charge < -0.3 is 15.4 Å². The normalized spacial score (nSPS) is 13.2. The van der Waals surface area contributed by atoms with Crippen LogP contribution in [0.5, 0.6) is 0 Å². The Morgan fingerprint density at radius 2 is 2.05 bits per heavy atom. The summed E-state index contributed by atoms with van der Waals surface area (Å²) in [6, 6.07) is 14.1. The third-order valence-electron chi connectivity index (χ3n) is 3.04. The second-order valence-corrected chi connectivity index (χ2v) is 4.72. The molecule has 5 nitrogen and oxygen atoms in total. The van der Waals surface area contributed by atoms with E-state index < -0.39 is 5.60 Å². The number of aromatic nitrogens is 1. The van der Waals surface area contributed by atoms with Gasteiger partial charge >= 0.3 is 0 Å². The highest BCUT2D eigenvalue weighted by molar-refractivity contribution is 5.92. The number of rotatable bonds is 4. The highest BCUT2D eigenvalue weighted by Gasteiger charge is 2.23. The smallest absolute Gasteiger partial charge is 0.267 e. The molecule has 1 unspecified atom stereocenters. The number of carbonyl (C=O) groups is 1. The van der Waals surface area contributed by atoms with E-state index in [9.17, 15) is 9.90 Å². The highest BCUT2D eigenvalue weighted by atomic mass is 16.3. The topological polar surface area (TPSA) is 88.9 Å². The van der Waals surface area contributed by atoms with E-state index in [1.165, 1.54) is 12.1 Å². The standard InChI is InChI=1S/C15H15N3O2/c1-15(20,11-5-3-2-4-6-11)10-17-14(19)13-8-7-12(9-16)18-13/h2-8,18,20H,10H2,1H3,(H,17,19). The lowest BCUT2D eigenvalue weighted by atomic mass is 9.96. The predicted molar refractivity (Wildman–Crippen MR) is 73.9 cm³/mol. The Labute approximate surface area is 116 Å². The SMILES string of the molecule is CC(O)(CNC(=O)c1ccc(C#N)[nH]1)c1ccccc1. The zero-order chi connectivity index (χ0) is 14.6. The number of benzene rings is 1. The zero-order valence-corrected chi connectivity index (χ0v) is 11.1. The minimum absolute atomic E-state index is 0.0801. The number of carbonyl (C=O) groups excluding carboxylic acids is 1. The van der Waals surface area contributed by atoms with Crippen molar-refractivity contribution >= 4 is 5.91 Å². The first-order valence-corrected chi connectivity index (χ1v) is 6.18. The molecule has 3 N–H and O–H groups in total. The van der Waals surface area contributed by atoms with Crippen molar-refractivity contribution in [3.63, 3.8) is 0 Å². The van der Waals surface area contributed by atoms with E-state index in [-0.39, 0.29) is 12.5 Å². The summed E-state index contributed by atoms with van der Waals surface area (Å²) in [7, 11) is 0. The van der Waals surface area contributed by atoms with E-state index in [1.54, 1.807) is 19.1 Å². The van der Waals surface area contributed by atoms with Crippen LogP contribution in [0.4, 0.5) is 0 Å². The fourth-order valence-electron chi connectivity index (χ4n) is 1.84. The molecule has 0 aliphatic rings. The van der Waals surface area contributed by atoms with Gasteiger partial charge in [0.05, 0.1) is 6.54 Å². The number of nitrogens with one attached hydrogen (secondary N) is 2. The maximum Gasteiger partial charge on any atom is 0.267 e. The van der Waals surface area contributed by atoms with Gasteiger partial charge in [-0.25, -0.2) is 0 Å². The third kappa shape index (κ3) is 3.05. The molecule has 0 aliphatic carbocycles. The molecule has 1 aromatic heterocycles. The molecule has 1 heterocycles. The van der Waals surface area contributed by atoms with Crippen LogP contribution in [0.2, 0.25) is 0 Å². The molecule has 2 rings (SSSR count). The molecular weight excluding hydrogens is 254 g/mol. The number of H-pyrrole nitrogens is 1. The molecular formula is C15H15N3O2. The summed E-state index contributed by atoms with van der Waals surface area (Å²) in [5, 5.41) is 21.7. The number of aliphatic hydroxyl groups is 1. The van der Waals surface area contributed by atoms with Crippen molar-refractivity contribution in [1.82, 2.24) is 10.3 Å². The lowest BCUT2D eigenvalue weighted by Gasteiger charge is -2.24. The second kappa shape index (κ2) is 5.59. The van der Waals surface area contributed by atoms with Crippen LogP contribution >= 0.6 is 0 Å². The average Bonchev–Trinajstić information content (AvgIpc) is 2.95. The number of nitriles is 1. The van der Waals surface area contributed by atoms with Crippen LogP contribution < -0.4 is 5.32 Å². The Balaban J connectivity index is 2.01. The molecule has 102 valence electrons. The van der Waals surface area contributed by atoms with Crippen LogP contribution in [-0.2, 0) is 5.60 Å². The van der Waals surface area contributed by atoms with Gasteiger partial charge in [0.1, 0.15) is 23.1 Å². The molecule has 1 aromatic carbocycles. The summed E-state index contributed by atoms with van der Waals surface area (Å²) in [5.74, 6) is -0.359. The summed E-state index contributed by atoms with van der Waals surface area (Å²) >= 11 is 0. The highest BCUT2D eigenvalue weighted by Crippen LogP contribution is 2.19. The molecule has 0 radical (unpaired) electrons. The summed E-state index contributed by atoms with van der Waals surface area (Å²) < 4.78 is 0. The van der Waals surface area contributed by atoms with Crippen molar-refractivity contribution in [2.75, 3.05) is 6.54 Å². The molecule has 5 heteroatoms. The first-order valence-electron chi connectivity index (χ1n) is 6.18. The Morgan fingerprint density at radius 1 is 1.35 bits per heavy atom. The summed E-state index contributed by atoms with van der Waals surface area (Å²) in [4.78, 5) is 14.6. The van der Waals surface area contributed by atoms with Crippen molar-refractivity contribution in [1.29, 1.82) is 5.26 Å². The molecule has 1 atom stereocenters. The first kappa shape index (κ1) is 13.8. The van der Waals surface area contributed by atoms with E-state index in [1.807, 2.05) is 24.3 Å². The van der Waals surface area contributed by atoms with Gasteiger partial charge in [0.2, 0.25) is 0 Å². The number of hydrogen-bond donors (Lipinski definition) is 3. The fourth-order valence-corrected chi connectivity index (χ4v) is 1.84. The zero-order valence-electron chi connectivity index (χ0n) is 11.1. The number of aromatic amines is 1. The van der Waals surface area contributed by atoms with Crippen LogP contribution in [0.15, 0.2) is 42.5 Å². The van der Waals surface area contributed by atoms with Crippen LogP contribution in [0, 0.1) is 11.3 Å². The summed E-state index contributed by atoms with van der Waals surface area (Å²) in [5.41, 5.74) is 0.196. The van der Waals surface area contributed by atoms with Gasteiger partial charge in [-0.3, -0.25) is 4.79 Å².